The van der Waals surface area contributed by atoms with Crippen molar-refractivity contribution < 1.29 is 19.1 Å². The Kier molecular flexibility index (Phi) is 31.9. The van der Waals surface area contributed by atoms with Gasteiger partial charge >= 0.3 is 11.9 Å². The number of rotatable bonds is 24. The first-order chi connectivity index (χ1) is 17.0. The highest BCUT2D eigenvalue weighted by Gasteiger charge is 2.09. The molecule has 0 aliphatic rings. The van der Waals surface area contributed by atoms with Gasteiger partial charge in [-0.25, -0.2) is 0 Å². The molecule has 0 aliphatic heterocycles. The first kappa shape index (κ1) is 36.1. The summed E-state index contributed by atoms with van der Waals surface area (Å²) in [4.78, 5) is 22.6. The number of unbranched alkanes of at least 4 members (excludes halogenated alkanes) is 14. The van der Waals surface area contributed by atoms with Crippen molar-refractivity contribution in [2.45, 2.75) is 169 Å². The third-order valence-corrected chi connectivity index (χ3v) is 6.55. The highest BCUT2D eigenvalue weighted by molar-refractivity contribution is 5.69. The van der Waals surface area contributed by atoms with Gasteiger partial charge in [0.1, 0.15) is 0 Å². The largest absolute Gasteiger partial charge is 0.466 e. The molecule has 0 N–H and O–H groups in total. The van der Waals surface area contributed by atoms with E-state index < -0.39 is 0 Å². The average molecular weight is 499 g/mol. The number of hydrogen-bond donors (Lipinski definition) is 0. The minimum Gasteiger partial charge on any atom is -0.466 e. The molecule has 0 saturated heterocycles. The Morgan fingerprint density at radius 2 is 0.914 bits per heavy atom. The zero-order chi connectivity index (χ0) is 26.4. The van der Waals surface area contributed by atoms with E-state index >= 15 is 0 Å². The number of esters is 2. The van der Waals surface area contributed by atoms with Crippen molar-refractivity contribution in [1.29, 1.82) is 0 Å². The first-order valence-corrected chi connectivity index (χ1v) is 15.4. The van der Waals surface area contributed by atoms with Gasteiger partial charge in [0.25, 0.3) is 0 Å². The molecule has 0 aromatic heterocycles. The van der Waals surface area contributed by atoms with Crippen LogP contribution in [0.2, 0.25) is 0 Å². The van der Waals surface area contributed by atoms with E-state index in [1.165, 1.54) is 103 Å². The van der Waals surface area contributed by atoms with Crippen LogP contribution in [0, 0.1) is 5.92 Å². The molecule has 0 spiro atoms. The zero-order valence-corrected chi connectivity index (χ0v) is 24.5. The van der Waals surface area contributed by atoms with Crippen LogP contribution in [0.5, 0.6) is 0 Å². The van der Waals surface area contributed by atoms with E-state index in [9.17, 15) is 9.59 Å². The van der Waals surface area contributed by atoms with Gasteiger partial charge in [-0.2, -0.15) is 0 Å². The van der Waals surface area contributed by atoms with Crippen molar-refractivity contribution >= 4 is 11.9 Å². The van der Waals surface area contributed by atoms with E-state index in [-0.39, 0.29) is 11.9 Å². The Morgan fingerprint density at radius 3 is 1.31 bits per heavy atom. The average Bonchev–Trinajstić information content (AvgIpc) is 2.86. The lowest BCUT2D eigenvalue weighted by Crippen LogP contribution is -2.13. The fourth-order valence-electron chi connectivity index (χ4n) is 4.04. The molecule has 1 atom stereocenters. The fourth-order valence-corrected chi connectivity index (χ4v) is 4.04. The van der Waals surface area contributed by atoms with Crippen molar-refractivity contribution in [3.63, 3.8) is 0 Å². The zero-order valence-electron chi connectivity index (χ0n) is 24.5. The normalized spacial score (nSPS) is 11.5. The maximum atomic E-state index is 11.6. The van der Waals surface area contributed by atoms with Crippen LogP contribution in [0.15, 0.2) is 0 Å². The third-order valence-electron chi connectivity index (χ3n) is 6.55. The minimum absolute atomic E-state index is 0.00504. The highest BCUT2D eigenvalue weighted by atomic mass is 16.5. The van der Waals surface area contributed by atoms with E-state index in [4.69, 9.17) is 9.47 Å². The summed E-state index contributed by atoms with van der Waals surface area (Å²) in [7, 11) is 0. The predicted molar refractivity (Wildman–Crippen MR) is 151 cm³/mol. The summed E-state index contributed by atoms with van der Waals surface area (Å²) in [5.41, 5.74) is 0. The molecule has 1 unspecified atom stereocenters. The van der Waals surface area contributed by atoms with E-state index in [1.54, 1.807) is 0 Å². The third kappa shape index (κ3) is 30.9. The number of ether oxygens (including phenoxy) is 2. The summed E-state index contributed by atoms with van der Waals surface area (Å²) in [6.07, 6.45) is 24.9. The molecular formula is C31H62O4. The van der Waals surface area contributed by atoms with E-state index in [2.05, 4.69) is 27.7 Å². The molecule has 35 heavy (non-hydrogen) atoms. The molecule has 210 valence electrons. The molecular weight excluding hydrogens is 436 g/mol. The molecule has 0 aliphatic carbocycles. The lowest BCUT2D eigenvalue weighted by atomic mass is 10.0. The Balaban J connectivity index is 0. The summed E-state index contributed by atoms with van der Waals surface area (Å²) < 4.78 is 10.3. The van der Waals surface area contributed by atoms with Crippen LogP contribution in [0.3, 0.4) is 0 Å². The summed E-state index contributed by atoms with van der Waals surface area (Å²) >= 11 is 0. The summed E-state index contributed by atoms with van der Waals surface area (Å²) in [5, 5.41) is 0. The Hall–Kier alpha value is -1.06. The molecule has 0 aromatic carbocycles. The van der Waals surface area contributed by atoms with Crippen molar-refractivity contribution in [3.05, 3.63) is 0 Å². The minimum atomic E-state index is -0.0366. The standard InChI is InChI=1S/C17H34O2.C14H28O2/c1-4-7-9-10-11-12-14-17(18)19-15-16(6-3)13-8-5-2;1-3-5-6-7-8-9-10-11-12-13-14(15)16-4-2/h16H,4-15H2,1-3H3;3-13H2,1-2H3. The Bertz CT molecular complexity index is 436. The molecule has 0 aromatic rings. The summed E-state index contributed by atoms with van der Waals surface area (Å²) in [6.45, 7) is 11.9. The molecule has 0 amide bonds. The summed E-state index contributed by atoms with van der Waals surface area (Å²) in [5.74, 6) is 0.532. The summed E-state index contributed by atoms with van der Waals surface area (Å²) in [6, 6.07) is 0. The van der Waals surface area contributed by atoms with Crippen LogP contribution in [0.4, 0.5) is 0 Å². The van der Waals surface area contributed by atoms with Gasteiger partial charge in [-0.15, -0.1) is 0 Å². The molecule has 0 radical (unpaired) electrons. The lowest BCUT2D eigenvalue weighted by molar-refractivity contribution is -0.145. The quantitative estimate of drug-likeness (QED) is 0.0981. The molecule has 4 heteroatoms. The lowest BCUT2D eigenvalue weighted by Gasteiger charge is -2.14. The fraction of sp³-hybridized carbons (Fsp3) is 0.935. The highest BCUT2D eigenvalue weighted by Crippen LogP contribution is 2.14. The van der Waals surface area contributed by atoms with Gasteiger partial charge < -0.3 is 9.47 Å². The second-order valence-electron chi connectivity index (χ2n) is 10.0. The van der Waals surface area contributed by atoms with Crippen molar-refractivity contribution in [3.8, 4) is 0 Å². The van der Waals surface area contributed by atoms with E-state index in [0.29, 0.717) is 32.0 Å². The van der Waals surface area contributed by atoms with E-state index in [0.717, 1.165) is 19.3 Å². The SMILES string of the molecule is CCCCCCCCC(=O)OCC(CC)CCCC.CCCCCCCCCCCC(=O)OCC. The number of carbonyl (C=O) groups excluding carboxylic acids is 2. The van der Waals surface area contributed by atoms with Gasteiger partial charge in [0, 0.05) is 12.8 Å². The van der Waals surface area contributed by atoms with Crippen LogP contribution in [0.25, 0.3) is 0 Å². The maximum Gasteiger partial charge on any atom is 0.305 e. The molecule has 0 bridgehead atoms. The van der Waals surface area contributed by atoms with Gasteiger partial charge in [0.15, 0.2) is 0 Å². The number of hydrogen-bond acceptors (Lipinski definition) is 4. The molecule has 0 saturated carbocycles. The van der Waals surface area contributed by atoms with Crippen LogP contribution in [-0.2, 0) is 19.1 Å². The van der Waals surface area contributed by atoms with Gasteiger partial charge in [0.05, 0.1) is 13.2 Å². The molecule has 0 fully saturated rings. The predicted octanol–water partition coefficient (Wildman–Crippen LogP) is 9.97. The molecule has 0 heterocycles. The topological polar surface area (TPSA) is 52.6 Å². The second-order valence-corrected chi connectivity index (χ2v) is 10.0. The van der Waals surface area contributed by atoms with Crippen molar-refractivity contribution in [2.24, 2.45) is 5.92 Å². The van der Waals surface area contributed by atoms with E-state index in [1.807, 2.05) is 6.92 Å². The van der Waals surface area contributed by atoms with Crippen molar-refractivity contribution in [1.82, 2.24) is 0 Å². The Labute approximate surface area is 219 Å². The second kappa shape index (κ2) is 31.0. The Morgan fingerprint density at radius 1 is 0.514 bits per heavy atom. The smallest absolute Gasteiger partial charge is 0.305 e. The monoisotopic (exact) mass is 498 g/mol. The maximum absolute atomic E-state index is 11.6. The van der Waals surface area contributed by atoms with Crippen LogP contribution in [-0.4, -0.2) is 25.2 Å². The van der Waals surface area contributed by atoms with Gasteiger partial charge in [-0.05, 0) is 32.1 Å². The molecule has 4 nitrogen and oxygen atoms in total. The number of carbonyl (C=O) groups is 2. The van der Waals surface area contributed by atoms with Gasteiger partial charge in [-0.1, -0.05) is 130 Å². The first-order valence-electron chi connectivity index (χ1n) is 15.4. The van der Waals surface area contributed by atoms with Gasteiger partial charge in [-0.3, -0.25) is 9.59 Å². The molecule has 0 rings (SSSR count). The van der Waals surface area contributed by atoms with Crippen LogP contribution >= 0.6 is 0 Å². The van der Waals surface area contributed by atoms with Crippen molar-refractivity contribution in [2.75, 3.05) is 13.2 Å². The van der Waals surface area contributed by atoms with Gasteiger partial charge in [0.2, 0.25) is 0 Å². The van der Waals surface area contributed by atoms with Crippen LogP contribution in [0.1, 0.15) is 169 Å². The van der Waals surface area contributed by atoms with Crippen LogP contribution < -0.4 is 0 Å².